The van der Waals surface area contributed by atoms with E-state index in [1.54, 1.807) is 6.92 Å². The number of nitrogens with one attached hydrogen (secondary N) is 2. The number of primary amides is 6. The second-order valence-electron chi connectivity index (χ2n) is 26.5. The van der Waals surface area contributed by atoms with Crippen molar-refractivity contribution in [3.05, 3.63) is 46.5 Å². The van der Waals surface area contributed by atoms with Crippen molar-refractivity contribution in [1.82, 2.24) is 30.2 Å². The Hall–Kier alpha value is -7.34. The molecule has 2 aromatic rings. The number of anilines is 1. The van der Waals surface area contributed by atoms with E-state index in [2.05, 4.69) is 25.6 Å². The number of aromatic nitrogens is 4. The Kier molecular flexibility index (Phi) is 19.3. The third kappa shape index (κ3) is 12.8. The lowest BCUT2D eigenvalue weighted by molar-refractivity contribution is -0.124. The molecule has 19 N–H and O–H groups in total. The summed E-state index contributed by atoms with van der Waals surface area (Å²) in [7, 11) is -5.12. The molecule has 0 spiro atoms. The topological polar surface area (TPSA) is 512 Å². The van der Waals surface area contributed by atoms with Crippen LogP contribution in [-0.4, -0.2) is 142 Å². The standard InChI is InChI=1S/C59H87N16O14P/c1-26(88-90(85,86)89-48-35(24-76)87-54(47(48)84)75-25-68-53-46(75)52(66)69-29(4)70-53)23-67-43(83)17-18-56(7)33(19-40(63)80)51-59(10)58(9,22-42(65)82)32(13-16-39(62)79)45(74-59)28(3)50-57(8,21-41(64)81)30(11-14-37(60)77)34(71-50)20-36-55(5,6)31(12-15-38(61)78)44(72-36)27(2)49(56)73-51/h20,25-26,30-33,35,47-48,51,54,71,76,84H,11-19,21-24H2,1-10H3,(H2,60,77)(H2,61,78)(H2,62,79)(H2,63,80)(H2,64,81)(H2,65,82)(H,67,83)(H,85,86)(H2,66,69,70). The highest BCUT2D eigenvalue weighted by Crippen LogP contribution is 2.63. The highest BCUT2D eigenvalue weighted by atomic mass is 31.2. The fraction of sp³-hybridized carbons (Fsp3) is 0.644. The smallest absolute Gasteiger partial charge is 0.394 e. The van der Waals surface area contributed by atoms with Crippen LogP contribution in [0.5, 0.6) is 0 Å². The van der Waals surface area contributed by atoms with Crippen molar-refractivity contribution in [3.8, 4) is 0 Å². The second-order valence-corrected chi connectivity index (χ2v) is 27.8. The maximum atomic E-state index is 14.4. The van der Waals surface area contributed by atoms with Crippen molar-refractivity contribution in [2.24, 2.45) is 94.7 Å². The monoisotopic (exact) mass is 1270 g/mol. The minimum atomic E-state index is -5.12. The highest BCUT2D eigenvalue weighted by molar-refractivity contribution is 7.47. The number of phosphoric acid groups is 1. The van der Waals surface area contributed by atoms with Crippen molar-refractivity contribution in [2.45, 2.75) is 182 Å². The number of rotatable bonds is 26. The fourth-order valence-electron chi connectivity index (χ4n) is 15.2. The van der Waals surface area contributed by atoms with Crippen molar-refractivity contribution in [3.63, 3.8) is 0 Å². The minimum absolute atomic E-state index is 0.0182. The summed E-state index contributed by atoms with van der Waals surface area (Å²) in [6.45, 7) is 16.8. The van der Waals surface area contributed by atoms with Gasteiger partial charge in [-0.2, -0.15) is 0 Å². The predicted octanol–water partition coefficient (Wildman–Crippen LogP) is 1.23. The van der Waals surface area contributed by atoms with Gasteiger partial charge in [0.2, 0.25) is 41.4 Å². The zero-order valence-electron chi connectivity index (χ0n) is 52.6. The second kappa shape index (κ2) is 25.4. The molecule has 2 fully saturated rings. The number of imidazole rings is 1. The number of aliphatic hydroxyl groups excluding tert-OH is 2. The molecule has 6 aliphatic rings. The summed E-state index contributed by atoms with van der Waals surface area (Å²) in [6.07, 6.45) is -5.01. The van der Waals surface area contributed by atoms with Crippen LogP contribution in [0.3, 0.4) is 0 Å². The number of aliphatic imine (C=N–C) groups is 3. The Labute approximate surface area is 520 Å². The van der Waals surface area contributed by atoms with Crippen molar-refractivity contribution < 1.29 is 67.0 Å². The molecule has 8 bridgehead atoms. The van der Waals surface area contributed by atoms with Gasteiger partial charge in [0.25, 0.3) is 0 Å². The van der Waals surface area contributed by atoms with Crippen LogP contribution >= 0.6 is 7.82 Å². The van der Waals surface area contributed by atoms with Crippen LogP contribution < -0.4 is 50.8 Å². The van der Waals surface area contributed by atoms with E-state index in [1.165, 1.54) is 17.8 Å². The molecule has 8 heterocycles. The number of nitrogens with two attached hydrogens (primary N) is 7. The molecule has 0 radical (unpaired) electrons. The SMILES string of the molecule is CC1=C2N=C(C=C3NC(=C(C)C4=NC(C)(C5N=C1C(C)(CCC(=O)NCC(C)OP(=O)(O)OC1C(CO)OC(n6cnc7nc(C)nc(N)c76)C1O)C5CC(N)=O)C(C)(CC(N)=O)C4CCC(N)=O)C(C)(CC(N)=O)C3CCC(N)=O)C(C)(C)C2CCC(N)=O. The minimum Gasteiger partial charge on any atom is -0.394 e. The average Bonchev–Trinajstić information content (AvgIpc) is 1.53. The summed E-state index contributed by atoms with van der Waals surface area (Å²) in [5.41, 5.74) is 40.6. The number of hydrogen-bond donors (Lipinski definition) is 12. The number of ether oxygens (including phenoxy) is 1. The van der Waals surface area contributed by atoms with Gasteiger partial charge in [-0.25, -0.2) is 19.5 Å². The van der Waals surface area contributed by atoms with Gasteiger partial charge in [-0.1, -0.05) is 34.6 Å². The third-order valence-corrected chi connectivity index (χ3v) is 21.1. The highest BCUT2D eigenvalue weighted by Gasteiger charge is 2.66. The lowest BCUT2D eigenvalue weighted by atomic mass is 9.55. The fourth-order valence-corrected chi connectivity index (χ4v) is 16.4. The van der Waals surface area contributed by atoms with Gasteiger partial charge in [0, 0.05) is 131 Å². The summed E-state index contributed by atoms with van der Waals surface area (Å²) in [6, 6.07) is -1.05. The summed E-state index contributed by atoms with van der Waals surface area (Å²) in [5.74, 6) is -6.92. The first kappa shape index (κ1) is 68.6. The predicted molar refractivity (Wildman–Crippen MR) is 329 cm³/mol. The number of aryl methyl sites for hydroxylation is 1. The van der Waals surface area contributed by atoms with Crippen LogP contribution in [0.25, 0.3) is 11.2 Å². The summed E-state index contributed by atoms with van der Waals surface area (Å²) in [4.78, 5) is 134. The number of aliphatic hydroxyl groups is 2. The molecule has 0 aromatic carbocycles. The number of nitrogen functional groups attached to an aromatic ring is 1. The average molecular weight is 1280 g/mol. The first-order valence-electron chi connectivity index (χ1n) is 30.1. The Morgan fingerprint density at radius 3 is 2.02 bits per heavy atom. The van der Waals surface area contributed by atoms with Crippen LogP contribution in [0.2, 0.25) is 0 Å². The van der Waals surface area contributed by atoms with Crippen LogP contribution in [0.15, 0.2) is 55.6 Å². The lowest BCUT2D eigenvalue weighted by Gasteiger charge is -2.48. The van der Waals surface area contributed by atoms with Gasteiger partial charge >= 0.3 is 7.82 Å². The van der Waals surface area contributed by atoms with Gasteiger partial charge in [0.1, 0.15) is 36.0 Å². The van der Waals surface area contributed by atoms with Crippen LogP contribution in [0, 0.1) is 52.3 Å². The normalized spacial score (nSPS) is 32.0. The molecule has 15 unspecified atom stereocenters. The van der Waals surface area contributed by atoms with E-state index in [0.717, 1.165) is 0 Å². The van der Waals surface area contributed by atoms with Crippen molar-refractivity contribution in [2.75, 3.05) is 18.9 Å². The molecule has 15 atom stereocenters. The maximum Gasteiger partial charge on any atom is 0.472 e. The molecule has 6 aliphatic heterocycles. The van der Waals surface area contributed by atoms with Gasteiger partial charge in [0.15, 0.2) is 17.7 Å². The van der Waals surface area contributed by atoms with E-state index >= 15 is 0 Å². The molecule has 0 aliphatic carbocycles. The number of carbonyl (C=O) groups is 7. The van der Waals surface area contributed by atoms with Crippen LogP contribution in [-0.2, 0) is 51.9 Å². The zero-order valence-corrected chi connectivity index (χ0v) is 53.5. The number of carbonyl (C=O) groups excluding carboxylic acids is 7. The van der Waals surface area contributed by atoms with E-state index in [-0.39, 0.29) is 94.2 Å². The molecular formula is C59H87N16O14P. The van der Waals surface area contributed by atoms with E-state index < -0.39 is 143 Å². The lowest BCUT2D eigenvalue weighted by Crippen LogP contribution is -2.56. The summed E-state index contributed by atoms with van der Waals surface area (Å²) in [5, 5.41) is 28.1. The maximum absolute atomic E-state index is 14.4. The number of phosphoric ester groups is 1. The van der Waals surface area contributed by atoms with Crippen molar-refractivity contribution in [1.29, 1.82) is 0 Å². The van der Waals surface area contributed by atoms with E-state index in [0.29, 0.717) is 51.2 Å². The molecular weight excluding hydrogens is 1190 g/mol. The van der Waals surface area contributed by atoms with Gasteiger partial charge in [0.05, 0.1) is 24.3 Å². The molecule has 90 heavy (non-hydrogen) atoms. The van der Waals surface area contributed by atoms with Crippen molar-refractivity contribution >= 4 is 83.3 Å². The molecule has 8 rings (SSSR count). The summed E-state index contributed by atoms with van der Waals surface area (Å²) < 4.78 is 31.8. The Morgan fingerprint density at radius 2 is 1.43 bits per heavy atom. The zero-order chi connectivity index (χ0) is 66.7. The molecule has 0 saturated carbocycles. The molecule has 2 saturated heterocycles. The molecule has 492 valence electrons. The number of amides is 7. The number of allylic oxidation sites excluding steroid dienone is 6. The van der Waals surface area contributed by atoms with Crippen LogP contribution in [0.4, 0.5) is 5.82 Å². The van der Waals surface area contributed by atoms with E-state index in [4.69, 9.17) is 68.9 Å². The number of nitrogens with zero attached hydrogens (tertiary/aromatic N) is 7. The number of hydrogen-bond acceptors (Lipinski definition) is 21. The first-order valence-corrected chi connectivity index (χ1v) is 31.6. The van der Waals surface area contributed by atoms with Crippen LogP contribution in [0.1, 0.15) is 145 Å². The molecule has 7 amide bonds. The first-order chi connectivity index (χ1) is 41.8. The number of fused-ring (bicyclic) bond motifs is 7. The van der Waals surface area contributed by atoms with E-state index in [1.807, 2.05) is 61.5 Å². The summed E-state index contributed by atoms with van der Waals surface area (Å²) >= 11 is 0. The van der Waals surface area contributed by atoms with E-state index in [9.17, 15) is 53.2 Å². The van der Waals surface area contributed by atoms with Gasteiger partial charge in [-0.05, 0) is 77.5 Å². The Morgan fingerprint density at radius 1 is 0.822 bits per heavy atom. The third-order valence-electron chi connectivity index (χ3n) is 20.0. The Bertz CT molecular complexity index is 3540. The Balaban J connectivity index is 1.20. The largest absolute Gasteiger partial charge is 0.472 e. The van der Waals surface area contributed by atoms with Gasteiger partial charge in [-0.15, -0.1) is 0 Å². The molecule has 30 nitrogen and oxygen atoms in total. The molecule has 31 heteroatoms. The van der Waals surface area contributed by atoms with Gasteiger partial charge < -0.3 is 70.6 Å². The quantitative estimate of drug-likeness (QED) is 0.0589. The molecule has 2 aromatic heterocycles. The van der Waals surface area contributed by atoms with Gasteiger partial charge in [-0.3, -0.25) is 62.2 Å².